The van der Waals surface area contributed by atoms with E-state index in [1.165, 1.54) is 6.07 Å². The lowest BCUT2D eigenvalue weighted by Gasteiger charge is -2.08. The van der Waals surface area contributed by atoms with Crippen molar-refractivity contribution in [2.45, 2.75) is 6.92 Å². The molecule has 23 heavy (non-hydrogen) atoms. The Labute approximate surface area is 138 Å². The van der Waals surface area contributed by atoms with Gasteiger partial charge in [0.15, 0.2) is 6.61 Å². The van der Waals surface area contributed by atoms with Crippen LogP contribution in [0.3, 0.4) is 0 Å². The average molecular weight is 335 g/mol. The number of hydrogen-bond acceptors (Lipinski definition) is 5. The number of hydrogen-bond donors (Lipinski definition) is 0. The van der Waals surface area contributed by atoms with Crippen LogP contribution in [0.15, 0.2) is 48.5 Å². The van der Waals surface area contributed by atoms with Crippen molar-refractivity contribution in [3.8, 4) is 11.5 Å². The number of para-hydroxylation sites is 1. The molecule has 0 amide bonds. The van der Waals surface area contributed by atoms with Gasteiger partial charge in [0.05, 0.1) is 17.2 Å². The molecule has 0 saturated carbocycles. The summed E-state index contributed by atoms with van der Waals surface area (Å²) >= 11 is 5.92. The molecule has 0 aromatic heterocycles. The summed E-state index contributed by atoms with van der Waals surface area (Å²) in [4.78, 5) is 23.4. The second-order valence-electron chi connectivity index (χ2n) is 4.44. The van der Waals surface area contributed by atoms with Crippen molar-refractivity contribution < 1.29 is 23.8 Å². The highest BCUT2D eigenvalue weighted by atomic mass is 35.5. The Hall–Kier alpha value is -2.53. The molecule has 0 bridgehead atoms. The molecule has 0 heterocycles. The molecule has 0 aliphatic heterocycles. The van der Waals surface area contributed by atoms with E-state index in [9.17, 15) is 9.59 Å². The Balaban J connectivity index is 1.94. The molecule has 2 aromatic rings. The van der Waals surface area contributed by atoms with Gasteiger partial charge < -0.3 is 14.2 Å². The van der Waals surface area contributed by atoms with E-state index in [4.69, 9.17) is 25.8 Å². The fourth-order valence-corrected chi connectivity index (χ4v) is 1.95. The van der Waals surface area contributed by atoms with E-state index in [0.29, 0.717) is 16.3 Å². The van der Waals surface area contributed by atoms with Gasteiger partial charge in [0.25, 0.3) is 0 Å². The first-order valence-electron chi connectivity index (χ1n) is 6.95. The van der Waals surface area contributed by atoms with Crippen LogP contribution >= 0.6 is 11.6 Å². The first-order chi connectivity index (χ1) is 11.1. The van der Waals surface area contributed by atoms with Crippen LogP contribution in [-0.2, 0) is 9.53 Å². The van der Waals surface area contributed by atoms with Crippen molar-refractivity contribution in [1.82, 2.24) is 0 Å². The van der Waals surface area contributed by atoms with Crippen molar-refractivity contribution in [1.29, 1.82) is 0 Å². The Morgan fingerprint density at radius 1 is 1.09 bits per heavy atom. The van der Waals surface area contributed by atoms with Gasteiger partial charge in [-0.3, -0.25) is 0 Å². The van der Waals surface area contributed by atoms with E-state index in [1.807, 2.05) is 0 Å². The third-order valence-corrected chi connectivity index (χ3v) is 3.07. The smallest absolute Gasteiger partial charge is 0.349 e. The van der Waals surface area contributed by atoms with Crippen LogP contribution in [0.4, 0.5) is 0 Å². The first kappa shape index (κ1) is 16.8. The molecule has 0 radical (unpaired) electrons. The fourth-order valence-electron chi connectivity index (χ4n) is 1.76. The molecule has 0 aliphatic carbocycles. The number of carbonyl (C=O) groups is 2. The number of carbonyl (C=O) groups excluding carboxylic acids is 2. The summed E-state index contributed by atoms with van der Waals surface area (Å²) in [6, 6.07) is 13.0. The SMILES string of the molecule is CCOC(=O)c1cccc(OC(=O)COc2ccccc2Cl)c1. The second-order valence-corrected chi connectivity index (χ2v) is 4.85. The molecule has 2 rings (SSSR count). The standard InChI is InChI=1S/C17H15ClO5/c1-2-21-17(20)12-6-5-7-13(10-12)23-16(19)11-22-15-9-4-3-8-14(15)18/h3-10H,2,11H2,1H3. The van der Waals surface area contributed by atoms with Gasteiger partial charge in [0.2, 0.25) is 0 Å². The molecule has 2 aromatic carbocycles. The van der Waals surface area contributed by atoms with Crippen molar-refractivity contribution in [2.24, 2.45) is 0 Å². The first-order valence-corrected chi connectivity index (χ1v) is 7.33. The van der Waals surface area contributed by atoms with E-state index < -0.39 is 11.9 Å². The van der Waals surface area contributed by atoms with E-state index in [-0.39, 0.29) is 19.0 Å². The lowest BCUT2D eigenvalue weighted by atomic mass is 10.2. The molecule has 0 N–H and O–H groups in total. The summed E-state index contributed by atoms with van der Waals surface area (Å²) in [5.74, 6) is -0.446. The van der Waals surface area contributed by atoms with Crippen LogP contribution in [0.1, 0.15) is 17.3 Å². The summed E-state index contributed by atoms with van der Waals surface area (Å²) < 4.78 is 15.3. The zero-order valence-corrected chi connectivity index (χ0v) is 13.2. The molecule has 0 fully saturated rings. The van der Waals surface area contributed by atoms with Crippen molar-refractivity contribution in [2.75, 3.05) is 13.2 Å². The lowest BCUT2D eigenvalue weighted by molar-refractivity contribution is -0.136. The summed E-state index contributed by atoms with van der Waals surface area (Å²) in [7, 11) is 0. The second kappa shape index (κ2) is 8.19. The fraction of sp³-hybridized carbons (Fsp3) is 0.176. The Bertz CT molecular complexity index is 699. The zero-order valence-electron chi connectivity index (χ0n) is 12.5. The molecule has 5 nitrogen and oxygen atoms in total. The molecule has 0 spiro atoms. The predicted octanol–water partition coefficient (Wildman–Crippen LogP) is 3.50. The number of rotatable bonds is 6. The highest BCUT2D eigenvalue weighted by Crippen LogP contribution is 2.23. The van der Waals surface area contributed by atoms with E-state index in [0.717, 1.165) is 0 Å². The van der Waals surface area contributed by atoms with Crippen LogP contribution in [0, 0.1) is 0 Å². The minimum Gasteiger partial charge on any atom is -0.480 e. The van der Waals surface area contributed by atoms with Crippen LogP contribution in [0.2, 0.25) is 5.02 Å². The van der Waals surface area contributed by atoms with Crippen LogP contribution in [0.5, 0.6) is 11.5 Å². The van der Waals surface area contributed by atoms with Gasteiger partial charge in [-0.2, -0.15) is 0 Å². The summed E-state index contributed by atoms with van der Waals surface area (Å²) in [5, 5.41) is 0.407. The Morgan fingerprint density at radius 2 is 1.87 bits per heavy atom. The number of benzene rings is 2. The minimum absolute atomic E-state index is 0.239. The van der Waals surface area contributed by atoms with Crippen LogP contribution in [-0.4, -0.2) is 25.2 Å². The molecule has 0 saturated heterocycles. The maximum Gasteiger partial charge on any atom is 0.349 e. The normalized spacial score (nSPS) is 10.0. The Kier molecular flexibility index (Phi) is 6.00. The van der Waals surface area contributed by atoms with Gasteiger partial charge in [0.1, 0.15) is 11.5 Å². The maximum atomic E-state index is 11.8. The van der Waals surface area contributed by atoms with Gasteiger partial charge in [-0.15, -0.1) is 0 Å². The van der Waals surface area contributed by atoms with Crippen LogP contribution < -0.4 is 9.47 Å². The highest BCUT2D eigenvalue weighted by molar-refractivity contribution is 6.32. The van der Waals surface area contributed by atoms with Crippen molar-refractivity contribution in [3.63, 3.8) is 0 Å². The third kappa shape index (κ3) is 5.00. The van der Waals surface area contributed by atoms with E-state index >= 15 is 0 Å². The number of ether oxygens (including phenoxy) is 3. The largest absolute Gasteiger partial charge is 0.480 e. The van der Waals surface area contributed by atoms with Crippen molar-refractivity contribution >= 4 is 23.5 Å². The molecule has 0 aliphatic rings. The van der Waals surface area contributed by atoms with Gasteiger partial charge in [-0.1, -0.05) is 29.8 Å². The molecule has 120 valence electrons. The average Bonchev–Trinajstić information content (AvgIpc) is 2.54. The maximum absolute atomic E-state index is 11.8. The van der Waals surface area contributed by atoms with Gasteiger partial charge in [-0.05, 0) is 37.3 Å². The predicted molar refractivity (Wildman–Crippen MR) is 85.0 cm³/mol. The molecular formula is C17H15ClO5. The van der Waals surface area contributed by atoms with Gasteiger partial charge in [0, 0.05) is 0 Å². The quantitative estimate of drug-likeness (QED) is 0.597. The lowest BCUT2D eigenvalue weighted by Crippen LogP contribution is -2.18. The molecule has 0 atom stereocenters. The van der Waals surface area contributed by atoms with E-state index in [1.54, 1.807) is 49.4 Å². The van der Waals surface area contributed by atoms with Crippen molar-refractivity contribution in [3.05, 3.63) is 59.1 Å². The zero-order chi connectivity index (χ0) is 16.7. The van der Waals surface area contributed by atoms with Crippen LogP contribution in [0.25, 0.3) is 0 Å². The highest BCUT2D eigenvalue weighted by Gasteiger charge is 2.11. The Morgan fingerprint density at radius 3 is 2.61 bits per heavy atom. The monoisotopic (exact) mass is 334 g/mol. The van der Waals surface area contributed by atoms with Gasteiger partial charge >= 0.3 is 11.9 Å². The molecule has 0 unspecified atom stereocenters. The molecular weight excluding hydrogens is 320 g/mol. The third-order valence-electron chi connectivity index (χ3n) is 2.76. The topological polar surface area (TPSA) is 61.8 Å². The number of esters is 2. The van der Waals surface area contributed by atoms with Gasteiger partial charge in [-0.25, -0.2) is 9.59 Å². The summed E-state index contributed by atoms with van der Waals surface area (Å²) in [6.45, 7) is 1.69. The molecule has 6 heteroatoms. The minimum atomic E-state index is -0.606. The summed E-state index contributed by atoms with van der Waals surface area (Å²) in [6.07, 6.45) is 0. The van der Waals surface area contributed by atoms with E-state index in [2.05, 4.69) is 0 Å². The number of halogens is 1. The summed E-state index contributed by atoms with van der Waals surface area (Å²) in [5.41, 5.74) is 0.309.